The van der Waals surface area contributed by atoms with E-state index in [1.54, 1.807) is 12.1 Å². The average molecular weight is 437 g/mol. The minimum Gasteiger partial charge on any atom is -0.267 e. The Morgan fingerprint density at radius 1 is 0.913 bits per heavy atom. The van der Waals surface area contributed by atoms with Gasteiger partial charge in [-0.15, -0.1) is 0 Å². The number of anilines is 1. The smallest absolute Gasteiger partial charge is 0.264 e. The Hall–Kier alpha value is -1.60. The summed E-state index contributed by atoms with van der Waals surface area (Å²) in [6.07, 6.45) is 0. The van der Waals surface area contributed by atoms with Crippen molar-refractivity contribution in [2.24, 2.45) is 0 Å². The first-order chi connectivity index (χ1) is 11.0. The van der Waals surface area contributed by atoms with E-state index in [2.05, 4.69) is 22.6 Å². The molecule has 0 N–H and O–H groups in total. The van der Waals surface area contributed by atoms with Crippen LogP contribution in [0.1, 0.15) is 6.92 Å². The largest absolute Gasteiger partial charge is 0.267 e. The highest BCUT2D eigenvalue weighted by atomic mass is 127. The molecule has 0 aliphatic rings. The van der Waals surface area contributed by atoms with Crippen LogP contribution in [-0.2, 0) is 10.0 Å². The average Bonchev–Trinajstić information content (AvgIpc) is 2.56. The molecule has 0 atom stereocenters. The van der Waals surface area contributed by atoms with Crippen LogP contribution in [-0.4, -0.2) is 15.0 Å². The summed E-state index contributed by atoms with van der Waals surface area (Å²) in [6, 6.07) is 20.5. The van der Waals surface area contributed by atoms with Gasteiger partial charge in [-0.3, -0.25) is 4.31 Å². The third-order valence-corrected chi connectivity index (χ3v) is 6.33. The SMILES string of the molecule is CCN(c1ccc(I)cc1)S(=O)(=O)c1ccc2ccccc2c1. The van der Waals surface area contributed by atoms with Crippen LogP contribution in [0.2, 0.25) is 0 Å². The van der Waals surface area contributed by atoms with E-state index in [9.17, 15) is 8.42 Å². The number of hydrogen-bond acceptors (Lipinski definition) is 2. The molecule has 0 saturated heterocycles. The molecule has 118 valence electrons. The maximum Gasteiger partial charge on any atom is 0.264 e. The predicted octanol–water partition coefficient (Wildman–Crippen LogP) is 4.66. The first kappa shape index (κ1) is 16.3. The van der Waals surface area contributed by atoms with E-state index in [-0.39, 0.29) is 0 Å². The van der Waals surface area contributed by atoms with E-state index in [0.717, 1.165) is 14.3 Å². The molecule has 3 aromatic rings. The van der Waals surface area contributed by atoms with Crippen LogP contribution in [0.4, 0.5) is 5.69 Å². The summed E-state index contributed by atoms with van der Waals surface area (Å²) in [7, 11) is -3.58. The molecule has 0 heterocycles. The third-order valence-electron chi connectivity index (χ3n) is 3.71. The van der Waals surface area contributed by atoms with Gasteiger partial charge in [-0.25, -0.2) is 8.42 Å². The molecule has 23 heavy (non-hydrogen) atoms. The van der Waals surface area contributed by atoms with Crippen molar-refractivity contribution < 1.29 is 8.42 Å². The molecule has 3 nitrogen and oxygen atoms in total. The van der Waals surface area contributed by atoms with E-state index in [1.807, 2.05) is 61.5 Å². The number of hydrogen-bond donors (Lipinski definition) is 0. The van der Waals surface area contributed by atoms with E-state index in [4.69, 9.17) is 0 Å². The molecule has 0 saturated carbocycles. The van der Waals surface area contributed by atoms with Gasteiger partial charge in [0.25, 0.3) is 10.0 Å². The number of fused-ring (bicyclic) bond motifs is 1. The number of benzene rings is 3. The Labute approximate surface area is 150 Å². The first-order valence-corrected chi connectivity index (χ1v) is 9.81. The van der Waals surface area contributed by atoms with Gasteiger partial charge in [0.1, 0.15) is 0 Å². The van der Waals surface area contributed by atoms with Crippen LogP contribution < -0.4 is 4.31 Å². The quantitative estimate of drug-likeness (QED) is 0.557. The lowest BCUT2D eigenvalue weighted by atomic mass is 10.1. The van der Waals surface area contributed by atoms with Crippen molar-refractivity contribution in [1.82, 2.24) is 0 Å². The van der Waals surface area contributed by atoms with Crippen molar-refractivity contribution in [3.63, 3.8) is 0 Å². The van der Waals surface area contributed by atoms with Crippen LogP contribution in [0.15, 0.2) is 71.6 Å². The Balaban J connectivity index is 2.08. The zero-order valence-electron chi connectivity index (χ0n) is 12.6. The standard InChI is InChI=1S/C18H16INO2S/c1-2-20(17-10-8-16(19)9-11-17)23(21,22)18-12-7-14-5-3-4-6-15(14)13-18/h3-13H,2H2,1H3. The highest BCUT2D eigenvalue weighted by Crippen LogP contribution is 2.26. The molecule has 0 aromatic heterocycles. The van der Waals surface area contributed by atoms with Gasteiger partial charge in [-0.05, 0) is 76.7 Å². The summed E-state index contributed by atoms with van der Waals surface area (Å²) >= 11 is 2.21. The normalized spacial score (nSPS) is 11.6. The maximum absolute atomic E-state index is 13.0. The first-order valence-electron chi connectivity index (χ1n) is 7.29. The predicted molar refractivity (Wildman–Crippen MR) is 103 cm³/mol. The van der Waals surface area contributed by atoms with E-state index in [1.165, 1.54) is 4.31 Å². The minimum atomic E-state index is -3.58. The lowest BCUT2D eigenvalue weighted by Gasteiger charge is -2.23. The zero-order chi connectivity index (χ0) is 16.4. The van der Waals surface area contributed by atoms with E-state index in [0.29, 0.717) is 17.1 Å². The van der Waals surface area contributed by atoms with Gasteiger partial charge in [0, 0.05) is 10.1 Å². The minimum absolute atomic E-state index is 0.316. The Bertz CT molecular complexity index is 937. The summed E-state index contributed by atoms with van der Waals surface area (Å²) in [5.41, 5.74) is 0.682. The monoisotopic (exact) mass is 437 g/mol. The van der Waals surface area contributed by atoms with Crippen LogP contribution in [0.5, 0.6) is 0 Å². The number of halogens is 1. The summed E-state index contributed by atoms with van der Waals surface area (Å²) in [6.45, 7) is 2.23. The molecule has 0 fully saturated rings. The second-order valence-electron chi connectivity index (χ2n) is 5.16. The van der Waals surface area contributed by atoms with Crippen molar-refractivity contribution >= 4 is 49.1 Å². The van der Waals surface area contributed by atoms with Gasteiger partial charge in [-0.1, -0.05) is 30.3 Å². The molecular weight excluding hydrogens is 421 g/mol. The molecule has 3 aromatic carbocycles. The highest BCUT2D eigenvalue weighted by molar-refractivity contribution is 14.1. The maximum atomic E-state index is 13.0. The van der Waals surface area contributed by atoms with Crippen LogP contribution in [0, 0.1) is 3.57 Å². The Morgan fingerprint density at radius 3 is 2.22 bits per heavy atom. The van der Waals surface area contributed by atoms with Crippen molar-refractivity contribution in [2.75, 3.05) is 10.8 Å². The van der Waals surface area contributed by atoms with Crippen molar-refractivity contribution in [3.8, 4) is 0 Å². The third kappa shape index (κ3) is 3.21. The summed E-state index contributed by atoms with van der Waals surface area (Å²) in [5.74, 6) is 0. The fraction of sp³-hybridized carbons (Fsp3) is 0.111. The van der Waals surface area contributed by atoms with Gasteiger partial charge in [0.05, 0.1) is 10.6 Å². The fourth-order valence-electron chi connectivity index (χ4n) is 2.55. The van der Waals surface area contributed by atoms with Gasteiger partial charge in [-0.2, -0.15) is 0 Å². The summed E-state index contributed by atoms with van der Waals surface area (Å²) < 4.78 is 28.5. The second kappa shape index (κ2) is 6.49. The molecule has 0 unspecified atom stereocenters. The molecule has 0 spiro atoms. The lowest BCUT2D eigenvalue weighted by Crippen LogP contribution is -2.30. The summed E-state index contributed by atoms with van der Waals surface area (Å²) in [5, 5.41) is 1.95. The van der Waals surface area contributed by atoms with Crippen LogP contribution in [0.3, 0.4) is 0 Å². The molecule has 0 aliphatic carbocycles. The molecular formula is C18H16INO2S. The van der Waals surface area contributed by atoms with Crippen molar-refractivity contribution in [3.05, 3.63) is 70.3 Å². The zero-order valence-corrected chi connectivity index (χ0v) is 15.6. The van der Waals surface area contributed by atoms with Gasteiger partial charge < -0.3 is 0 Å². The van der Waals surface area contributed by atoms with E-state index >= 15 is 0 Å². The summed E-state index contributed by atoms with van der Waals surface area (Å²) in [4.78, 5) is 0.316. The Morgan fingerprint density at radius 2 is 1.57 bits per heavy atom. The fourth-order valence-corrected chi connectivity index (χ4v) is 4.42. The van der Waals surface area contributed by atoms with E-state index < -0.39 is 10.0 Å². The molecule has 5 heteroatoms. The Kier molecular flexibility index (Phi) is 4.59. The number of rotatable bonds is 4. The lowest BCUT2D eigenvalue weighted by molar-refractivity contribution is 0.592. The van der Waals surface area contributed by atoms with Crippen molar-refractivity contribution in [1.29, 1.82) is 0 Å². The van der Waals surface area contributed by atoms with Crippen molar-refractivity contribution in [2.45, 2.75) is 11.8 Å². The number of nitrogens with zero attached hydrogens (tertiary/aromatic N) is 1. The molecule has 0 radical (unpaired) electrons. The van der Waals surface area contributed by atoms with Gasteiger partial charge in [0.15, 0.2) is 0 Å². The molecule has 0 aliphatic heterocycles. The van der Waals surface area contributed by atoms with Gasteiger partial charge in [0.2, 0.25) is 0 Å². The second-order valence-corrected chi connectivity index (χ2v) is 8.26. The number of sulfonamides is 1. The topological polar surface area (TPSA) is 37.4 Å². The highest BCUT2D eigenvalue weighted by Gasteiger charge is 2.23. The van der Waals surface area contributed by atoms with Crippen LogP contribution in [0.25, 0.3) is 10.8 Å². The molecule has 3 rings (SSSR count). The molecule has 0 bridgehead atoms. The van der Waals surface area contributed by atoms with Gasteiger partial charge >= 0.3 is 0 Å². The molecule has 0 amide bonds. The van der Waals surface area contributed by atoms with Crippen LogP contribution >= 0.6 is 22.6 Å².